The fraction of sp³-hybridized carbons (Fsp3) is 0.400. The van der Waals surface area contributed by atoms with Gasteiger partial charge in [0.2, 0.25) is 0 Å². The average Bonchev–Trinajstić information content (AvgIpc) is 2.96. The molecule has 0 fully saturated rings. The van der Waals surface area contributed by atoms with Crippen LogP contribution in [0.15, 0.2) is 92.7 Å². The van der Waals surface area contributed by atoms with Crippen LogP contribution in [-0.4, -0.2) is 23.3 Å². The van der Waals surface area contributed by atoms with Crippen molar-refractivity contribution in [2.45, 2.75) is 92.4 Å². The van der Waals surface area contributed by atoms with E-state index in [1.54, 1.807) is 18.3 Å². The van der Waals surface area contributed by atoms with E-state index in [4.69, 9.17) is 0 Å². The molecule has 0 radical (unpaired) electrons. The number of aromatic nitrogens is 1. The molecule has 0 saturated carbocycles. The smallest absolute Gasteiger partial charge is 0.260 e. The SMILES string of the molecule is C=C.C=CC.CC.CCC(F)(F)F.Cc1ccc([C@@H](C)c2cc(F)cc(CC(C)(F)C(F)F)c2)nc1.Cc1ccccc1. The predicted octanol–water partition coefficient (Wildman–Crippen LogP) is 12.2. The standard InChI is InChI=1S/C18H19F4N.C7H8.C3H5F3.C3H6.C2H6.C2H4/c1-11-4-5-16(23-10-11)12(2)14-6-13(7-15(19)8-14)9-18(3,22)17(20)21;1-7-5-3-2-4-6-7;1-2-3(4,5)6;1-3-2;2*1-2/h4-8,10,12,17H,9H2,1-3H3;2-6H,1H3;2H2,1H3;3H,1H2,2H3;1-2H3;1-2H2/t12-,18?;;;;;/m0...../s1. The monoisotopic (exact) mass is 615 g/mol. The summed E-state index contributed by atoms with van der Waals surface area (Å²) in [5, 5.41) is 0. The van der Waals surface area contributed by atoms with Crippen molar-refractivity contribution in [2.24, 2.45) is 0 Å². The molecule has 43 heavy (non-hydrogen) atoms. The van der Waals surface area contributed by atoms with Crippen LogP contribution in [0.5, 0.6) is 0 Å². The Hall–Kier alpha value is -3.42. The Morgan fingerprint density at radius 1 is 0.884 bits per heavy atom. The second-order valence-electron chi connectivity index (χ2n) is 9.16. The van der Waals surface area contributed by atoms with E-state index >= 15 is 0 Å². The molecule has 0 bridgehead atoms. The van der Waals surface area contributed by atoms with Gasteiger partial charge in [0.25, 0.3) is 6.43 Å². The minimum atomic E-state index is -3.96. The van der Waals surface area contributed by atoms with Gasteiger partial charge in [-0.15, -0.1) is 19.7 Å². The Morgan fingerprint density at radius 3 is 1.72 bits per heavy atom. The molecule has 0 spiro atoms. The first-order valence-corrected chi connectivity index (χ1v) is 13.9. The molecule has 3 aromatic rings. The van der Waals surface area contributed by atoms with E-state index in [0.29, 0.717) is 5.56 Å². The zero-order valence-corrected chi connectivity index (χ0v) is 26.7. The number of alkyl halides is 6. The lowest BCUT2D eigenvalue weighted by Gasteiger charge is -2.20. The maximum atomic E-state index is 13.8. The maximum Gasteiger partial charge on any atom is 0.388 e. The lowest BCUT2D eigenvalue weighted by atomic mass is 9.91. The molecule has 0 amide bonds. The van der Waals surface area contributed by atoms with Crippen molar-refractivity contribution in [1.82, 2.24) is 4.98 Å². The number of hydrogen-bond acceptors (Lipinski definition) is 1. The van der Waals surface area contributed by atoms with Gasteiger partial charge in [-0.3, -0.25) is 4.98 Å². The fourth-order valence-electron chi connectivity index (χ4n) is 2.94. The van der Waals surface area contributed by atoms with Gasteiger partial charge in [-0.25, -0.2) is 17.6 Å². The molecule has 8 heteroatoms. The van der Waals surface area contributed by atoms with Gasteiger partial charge in [-0.1, -0.05) is 81.8 Å². The van der Waals surface area contributed by atoms with Crippen molar-refractivity contribution in [3.8, 4) is 0 Å². The summed E-state index contributed by atoms with van der Waals surface area (Å²) in [5.41, 5.74) is 1.18. The average molecular weight is 616 g/mol. The van der Waals surface area contributed by atoms with E-state index in [0.717, 1.165) is 31.2 Å². The van der Waals surface area contributed by atoms with Crippen LogP contribution in [0.3, 0.4) is 0 Å². The molecule has 0 aliphatic rings. The Labute approximate surface area is 254 Å². The van der Waals surface area contributed by atoms with Crippen LogP contribution in [0.4, 0.5) is 30.7 Å². The summed E-state index contributed by atoms with van der Waals surface area (Å²) in [6, 6.07) is 18.0. The number of aryl methyl sites for hydroxylation is 2. The summed E-state index contributed by atoms with van der Waals surface area (Å²) in [6.45, 7) is 23.0. The third kappa shape index (κ3) is 21.9. The highest BCUT2D eigenvalue weighted by Gasteiger charge is 2.35. The van der Waals surface area contributed by atoms with Crippen LogP contribution in [-0.2, 0) is 6.42 Å². The van der Waals surface area contributed by atoms with Gasteiger partial charge < -0.3 is 0 Å². The molecule has 0 aliphatic heterocycles. The molecule has 1 unspecified atom stereocenters. The van der Waals surface area contributed by atoms with Gasteiger partial charge in [-0.2, -0.15) is 13.2 Å². The van der Waals surface area contributed by atoms with Gasteiger partial charge in [0, 0.05) is 30.7 Å². The van der Waals surface area contributed by atoms with E-state index in [1.165, 1.54) is 11.6 Å². The van der Waals surface area contributed by atoms with Crippen LogP contribution in [0.1, 0.15) is 81.8 Å². The molecule has 0 saturated heterocycles. The van der Waals surface area contributed by atoms with E-state index < -0.39 is 36.9 Å². The first-order chi connectivity index (χ1) is 20.1. The van der Waals surface area contributed by atoms with Crippen LogP contribution >= 0.6 is 0 Å². The second-order valence-corrected chi connectivity index (χ2v) is 9.16. The van der Waals surface area contributed by atoms with Crippen molar-refractivity contribution in [1.29, 1.82) is 0 Å². The van der Waals surface area contributed by atoms with Gasteiger partial charge in [-0.05, 0) is 62.6 Å². The third-order valence-corrected chi connectivity index (χ3v) is 5.20. The van der Waals surface area contributed by atoms with Crippen molar-refractivity contribution < 1.29 is 30.7 Å². The lowest BCUT2D eigenvalue weighted by Crippen LogP contribution is -2.30. The number of benzene rings is 2. The quantitative estimate of drug-likeness (QED) is 0.206. The van der Waals surface area contributed by atoms with Gasteiger partial charge in [0.05, 0.1) is 0 Å². The molecule has 242 valence electrons. The second kappa shape index (κ2) is 24.1. The molecule has 2 aromatic carbocycles. The van der Waals surface area contributed by atoms with Crippen LogP contribution < -0.4 is 0 Å². The predicted molar refractivity (Wildman–Crippen MR) is 168 cm³/mol. The number of allylic oxidation sites excluding steroid dienone is 1. The first-order valence-electron chi connectivity index (χ1n) is 13.9. The lowest BCUT2D eigenvalue weighted by molar-refractivity contribution is -0.130. The molecule has 0 aliphatic carbocycles. The number of hydrogen-bond donors (Lipinski definition) is 0. The normalized spacial score (nSPS) is 11.9. The van der Waals surface area contributed by atoms with Gasteiger partial charge in [0.1, 0.15) is 5.82 Å². The molecular formula is C35H48F7N. The number of pyridine rings is 1. The van der Waals surface area contributed by atoms with Crippen molar-refractivity contribution >= 4 is 0 Å². The highest BCUT2D eigenvalue weighted by atomic mass is 19.4. The van der Waals surface area contributed by atoms with Gasteiger partial charge >= 0.3 is 6.18 Å². The molecule has 2 atom stereocenters. The summed E-state index contributed by atoms with van der Waals surface area (Å²) in [7, 11) is 0. The summed E-state index contributed by atoms with van der Waals surface area (Å²) in [4.78, 5) is 4.30. The van der Waals surface area contributed by atoms with E-state index in [9.17, 15) is 30.7 Å². The summed E-state index contributed by atoms with van der Waals surface area (Å²) in [6.07, 6.45) is -4.89. The largest absolute Gasteiger partial charge is 0.388 e. The molecule has 1 nitrogen and oxygen atoms in total. The Kier molecular flexibility index (Phi) is 24.6. The minimum absolute atomic E-state index is 0.212. The summed E-state index contributed by atoms with van der Waals surface area (Å²) >= 11 is 0. The first kappa shape index (κ1) is 44.0. The number of halogens is 7. The maximum absolute atomic E-state index is 13.8. The Balaban J connectivity index is -0.000000651. The summed E-state index contributed by atoms with van der Waals surface area (Å²) in [5.74, 6) is -0.788. The molecule has 1 aromatic heterocycles. The summed E-state index contributed by atoms with van der Waals surface area (Å²) < 4.78 is 85.4. The van der Waals surface area contributed by atoms with Crippen molar-refractivity contribution in [3.63, 3.8) is 0 Å². The highest BCUT2D eigenvalue weighted by Crippen LogP contribution is 2.29. The van der Waals surface area contributed by atoms with E-state index in [-0.39, 0.29) is 11.5 Å². The minimum Gasteiger partial charge on any atom is -0.260 e. The van der Waals surface area contributed by atoms with E-state index in [1.807, 2.05) is 65.0 Å². The highest BCUT2D eigenvalue weighted by molar-refractivity contribution is 5.33. The van der Waals surface area contributed by atoms with Crippen molar-refractivity contribution in [2.75, 3.05) is 0 Å². The number of nitrogens with zero attached hydrogens (tertiary/aromatic N) is 1. The van der Waals surface area contributed by atoms with Crippen molar-refractivity contribution in [3.05, 3.63) is 126 Å². The number of rotatable bonds is 5. The molecule has 0 N–H and O–H groups in total. The molecule has 1 heterocycles. The topological polar surface area (TPSA) is 12.9 Å². The van der Waals surface area contributed by atoms with Gasteiger partial charge in [0.15, 0.2) is 5.67 Å². The van der Waals surface area contributed by atoms with Crippen LogP contribution in [0.2, 0.25) is 0 Å². The van der Waals surface area contributed by atoms with E-state index in [2.05, 4.69) is 43.8 Å². The zero-order valence-electron chi connectivity index (χ0n) is 26.7. The molecule has 3 rings (SSSR count). The fourth-order valence-corrected chi connectivity index (χ4v) is 2.94. The third-order valence-electron chi connectivity index (χ3n) is 5.20. The zero-order chi connectivity index (χ0) is 34.2. The molecular weight excluding hydrogens is 567 g/mol. The van der Waals surface area contributed by atoms with Crippen LogP contribution in [0, 0.1) is 19.7 Å². The Morgan fingerprint density at radius 2 is 1.37 bits per heavy atom. The van der Waals surface area contributed by atoms with Crippen LogP contribution in [0.25, 0.3) is 0 Å². The Bertz CT molecular complexity index is 1090.